The van der Waals surface area contributed by atoms with Gasteiger partial charge in [0.05, 0.1) is 17.4 Å². The van der Waals surface area contributed by atoms with Crippen molar-refractivity contribution in [2.75, 3.05) is 19.6 Å². The number of piperidine rings is 1. The van der Waals surface area contributed by atoms with Crippen LogP contribution in [0.3, 0.4) is 0 Å². The first-order valence-corrected chi connectivity index (χ1v) is 8.09. The van der Waals surface area contributed by atoms with Crippen molar-refractivity contribution in [2.45, 2.75) is 32.7 Å². The molecule has 0 N–H and O–H groups in total. The molecule has 20 heavy (non-hydrogen) atoms. The van der Waals surface area contributed by atoms with Crippen molar-refractivity contribution in [2.24, 2.45) is 0 Å². The van der Waals surface area contributed by atoms with Crippen LogP contribution in [0.1, 0.15) is 31.1 Å². The zero-order chi connectivity index (χ0) is 14.5. The third-order valence-electron chi connectivity index (χ3n) is 3.46. The van der Waals surface area contributed by atoms with Gasteiger partial charge in [-0.15, -0.1) is 11.3 Å². The maximum absolute atomic E-state index is 12.3. The first-order valence-electron chi connectivity index (χ1n) is 6.90. The lowest BCUT2D eigenvalue weighted by Crippen LogP contribution is -2.44. The molecule has 1 aromatic heterocycles. The summed E-state index contributed by atoms with van der Waals surface area (Å²) >= 11 is 7.39. The van der Waals surface area contributed by atoms with E-state index in [-0.39, 0.29) is 18.4 Å². The first-order chi connectivity index (χ1) is 9.60. The van der Waals surface area contributed by atoms with Gasteiger partial charge in [0.25, 0.3) is 0 Å². The molecule has 1 aliphatic heterocycles. The molecule has 1 fully saturated rings. The molecule has 4 nitrogen and oxygen atoms in total. The molecular formula is C14H19ClN2O2S. The van der Waals surface area contributed by atoms with E-state index in [4.69, 9.17) is 11.6 Å². The summed E-state index contributed by atoms with van der Waals surface area (Å²) in [4.78, 5) is 28.6. The number of likely N-dealkylation sites (tertiary alicyclic amines) is 1. The summed E-state index contributed by atoms with van der Waals surface area (Å²) < 4.78 is 0.731. The van der Waals surface area contributed by atoms with Crippen LogP contribution in [0.2, 0.25) is 4.34 Å². The van der Waals surface area contributed by atoms with Crippen molar-refractivity contribution in [1.82, 2.24) is 9.80 Å². The molecule has 1 saturated heterocycles. The molecule has 0 atom stereocenters. The van der Waals surface area contributed by atoms with Crippen molar-refractivity contribution >= 4 is 34.8 Å². The fourth-order valence-corrected chi connectivity index (χ4v) is 3.40. The second-order valence-corrected chi connectivity index (χ2v) is 6.69. The van der Waals surface area contributed by atoms with Crippen molar-refractivity contribution < 1.29 is 9.59 Å². The van der Waals surface area contributed by atoms with Gasteiger partial charge >= 0.3 is 0 Å². The lowest BCUT2D eigenvalue weighted by molar-refractivity contribution is -0.142. The van der Waals surface area contributed by atoms with Crippen LogP contribution in [-0.4, -0.2) is 41.2 Å². The Bertz CT molecular complexity index is 489. The van der Waals surface area contributed by atoms with E-state index in [2.05, 4.69) is 0 Å². The third-order valence-corrected chi connectivity index (χ3v) is 4.67. The minimum absolute atomic E-state index is 0.00673. The Morgan fingerprint density at radius 3 is 2.85 bits per heavy atom. The maximum atomic E-state index is 12.3. The van der Waals surface area contributed by atoms with Crippen LogP contribution in [0.5, 0.6) is 0 Å². The first kappa shape index (κ1) is 15.3. The molecule has 110 valence electrons. The lowest BCUT2D eigenvalue weighted by Gasteiger charge is -2.29. The molecule has 1 aliphatic rings. The van der Waals surface area contributed by atoms with Gasteiger partial charge in [0.2, 0.25) is 11.8 Å². The maximum Gasteiger partial charge on any atom is 0.242 e. The standard InChI is InChI=1S/C14H19ClN2O2S/c1-2-16(9-11-6-7-12(15)20-11)14(19)10-17-8-4-3-5-13(17)18/h6-7H,2-5,8-10H2,1H3. The molecule has 2 rings (SSSR count). The predicted molar refractivity (Wildman–Crippen MR) is 80.9 cm³/mol. The van der Waals surface area contributed by atoms with E-state index in [1.54, 1.807) is 9.80 Å². The van der Waals surface area contributed by atoms with Crippen molar-refractivity contribution in [3.63, 3.8) is 0 Å². The van der Waals surface area contributed by atoms with Crippen LogP contribution in [0.15, 0.2) is 12.1 Å². The second kappa shape index (κ2) is 7.09. The highest BCUT2D eigenvalue weighted by molar-refractivity contribution is 7.16. The minimum Gasteiger partial charge on any atom is -0.336 e. The number of carbonyl (C=O) groups excluding carboxylic acids is 2. The van der Waals surface area contributed by atoms with Gasteiger partial charge in [-0.2, -0.15) is 0 Å². The number of likely N-dealkylation sites (N-methyl/N-ethyl adjacent to an activating group) is 1. The quantitative estimate of drug-likeness (QED) is 0.838. The van der Waals surface area contributed by atoms with Gasteiger partial charge in [0, 0.05) is 24.4 Å². The predicted octanol–water partition coefficient (Wildman–Crippen LogP) is 2.76. The fraction of sp³-hybridized carbons (Fsp3) is 0.571. The Balaban J connectivity index is 1.93. The summed E-state index contributed by atoms with van der Waals surface area (Å²) in [5.74, 6) is 0.104. The van der Waals surface area contributed by atoms with E-state index in [9.17, 15) is 9.59 Å². The van der Waals surface area contributed by atoms with Crippen LogP contribution in [0.4, 0.5) is 0 Å². The molecule has 2 heterocycles. The molecule has 0 radical (unpaired) electrons. The van der Waals surface area contributed by atoms with E-state index >= 15 is 0 Å². The van der Waals surface area contributed by atoms with Crippen LogP contribution in [-0.2, 0) is 16.1 Å². The zero-order valence-corrected chi connectivity index (χ0v) is 13.2. The van der Waals surface area contributed by atoms with Crippen LogP contribution in [0.25, 0.3) is 0 Å². The van der Waals surface area contributed by atoms with Gasteiger partial charge < -0.3 is 9.80 Å². The van der Waals surface area contributed by atoms with Gasteiger partial charge in [-0.05, 0) is 31.9 Å². The zero-order valence-electron chi connectivity index (χ0n) is 11.6. The molecule has 2 amide bonds. The summed E-state index contributed by atoms with van der Waals surface area (Å²) in [5, 5.41) is 0. The summed E-state index contributed by atoms with van der Waals surface area (Å²) in [5.41, 5.74) is 0. The highest BCUT2D eigenvalue weighted by Gasteiger charge is 2.23. The summed E-state index contributed by atoms with van der Waals surface area (Å²) in [6, 6.07) is 3.78. The fourth-order valence-electron chi connectivity index (χ4n) is 2.29. The molecule has 0 aliphatic carbocycles. The number of carbonyl (C=O) groups is 2. The van der Waals surface area contributed by atoms with E-state index in [1.165, 1.54) is 11.3 Å². The van der Waals surface area contributed by atoms with Crippen molar-refractivity contribution in [3.8, 4) is 0 Å². The summed E-state index contributed by atoms with van der Waals surface area (Å²) in [6.45, 7) is 4.05. The number of rotatable bonds is 5. The Kier molecular flexibility index (Phi) is 5.43. The average Bonchev–Trinajstić information content (AvgIpc) is 2.84. The van der Waals surface area contributed by atoms with Crippen LogP contribution in [0, 0.1) is 0 Å². The van der Waals surface area contributed by atoms with Crippen molar-refractivity contribution in [1.29, 1.82) is 0 Å². The number of amides is 2. The second-order valence-electron chi connectivity index (χ2n) is 4.89. The normalized spacial score (nSPS) is 15.5. The topological polar surface area (TPSA) is 40.6 Å². The van der Waals surface area contributed by atoms with E-state index < -0.39 is 0 Å². The molecule has 0 unspecified atom stereocenters. The van der Waals surface area contributed by atoms with Crippen LogP contribution >= 0.6 is 22.9 Å². The number of nitrogens with zero attached hydrogens (tertiary/aromatic N) is 2. The Labute approximate surface area is 128 Å². The van der Waals surface area contributed by atoms with Gasteiger partial charge in [0.15, 0.2) is 0 Å². The van der Waals surface area contributed by atoms with Gasteiger partial charge in [-0.25, -0.2) is 0 Å². The average molecular weight is 315 g/mol. The van der Waals surface area contributed by atoms with Gasteiger partial charge in [-0.1, -0.05) is 11.6 Å². The van der Waals surface area contributed by atoms with E-state index in [0.717, 1.165) is 22.1 Å². The molecule has 0 saturated carbocycles. The molecule has 0 aromatic carbocycles. The SMILES string of the molecule is CCN(Cc1ccc(Cl)s1)C(=O)CN1CCCCC1=O. The largest absolute Gasteiger partial charge is 0.336 e. The third kappa shape index (κ3) is 3.96. The van der Waals surface area contributed by atoms with Crippen molar-refractivity contribution in [3.05, 3.63) is 21.3 Å². The Hall–Kier alpha value is -1.07. The Morgan fingerprint density at radius 1 is 1.45 bits per heavy atom. The number of hydrogen-bond donors (Lipinski definition) is 0. The summed E-state index contributed by atoms with van der Waals surface area (Å²) in [7, 11) is 0. The van der Waals surface area contributed by atoms with E-state index in [1.807, 2.05) is 19.1 Å². The molecular weight excluding hydrogens is 296 g/mol. The minimum atomic E-state index is 0.00673. The van der Waals surface area contributed by atoms with Gasteiger partial charge in [-0.3, -0.25) is 9.59 Å². The lowest BCUT2D eigenvalue weighted by atomic mass is 10.1. The van der Waals surface area contributed by atoms with E-state index in [0.29, 0.717) is 26.1 Å². The highest BCUT2D eigenvalue weighted by atomic mass is 35.5. The monoisotopic (exact) mass is 314 g/mol. The highest BCUT2D eigenvalue weighted by Crippen LogP contribution is 2.22. The smallest absolute Gasteiger partial charge is 0.242 e. The number of hydrogen-bond acceptors (Lipinski definition) is 3. The number of thiophene rings is 1. The molecule has 6 heteroatoms. The van der Waals surface area contributed by atoms with Crippen LogP contribution < -0.4 is 0 Å². The number of halogens is 1. The Morgan fingerprint density at radius 2 is 2.25 bits per heavy atom. The van der Waals surface area contributed by atoms with Gasteiger partial charge in [0.1, 0.15) is 0 Å². The summed E-state index contributed by atoms with van der Waals surface area (Å²) in [6.07, 6.45) is 2.50. The molecule has 0 bridgehead atoms. The molecule has 1 aromatic rings. The molecule has 0 spiro atoms.